The van der Waals surface area contributed by atoms with E-state index in [9.17, 15) is 0 Å². The Morgan fingerprint density at radius 1 is 1.41 bits per heavy atom. The molecule has 3 nitrogen and oxygen atoms in total. The molecule has 0 spiro atoms. The Balaban J connectivity index is 2.63. The van der Waals surface area contributed by atoms with Gasteiger partial charge in [0, 0.05) is 19.2 Å². The predicted molar refractivity (Wildman–Crippen MR) is 73.1 cm³/mol. The molecule has 17 heavy (non-hydrogen) atoms. The summed E-state index contributed by atoms with van der Waals surface area (Å²) in [6.45, 7) is 14.0. The maximum atomic E-state index is 5.86. The van der Waals surface area contributed by atoms with E-state index in [2.05, 4.69) is 32.6 Å². The summed E-state index contributed by atoms with van der Waals surface area (Å²) in [5, 5.41) is 0. The summed E-state index contributed by atoms with van der Waals surface area (Å²) in [7, 11) is 0. The highest BCUT2D eigenvalue weighted by molar-refractivity contribution is 4.84. The lowest BCUT2D eigenvalue weighted by Gasteiger charge is -2.42. The SMILES string of the molecule is CCCN(CC(C)(C)CN)C1CCOCC1C. The van der Waals surface area contributed by atoms with Crippen LogP contribution in [0.15, 0.2) is 0 Å². The second kappa shape index (κ2) is 6.72. The molecule has 1 fully saturated rings. The van der Waals surface area contributed by atoms with Crippen molar-refractivity contribution in [3.05, 3.63) is 0 Å². The van der Waals surface area contributed by atoms with E-state index in [1.165, 1.54) is 19.4 Å². The van der Waals surface area contributed by atoms with Crippen molar-refractivity contribution in [1.82, 2.24) is 4.90 Å². The largest absolute Gasteiger partial charge is 0.381 e. The molecule has 2 atom stereocenters. The van der Waals surface area contributed by atoms with Crippen LogP contribution in [-0.2, 0) is 4.74 Å². The highest BCUT2D eigenvalue weighted by atomic mass is 16.5. The molecule has 0 aromatic heterocycles. The normalized spacial score (nSPS) is 26.5. The predicted octanol–water partition coefficient (Wildman–Crippen LogP) is 2.11. The molecule has 2 N–H and O–H groups in total. The van der Waals surface area contributed by atoms with Gasteiger partial charge in [0.05, 0.1) is 6.61 Å². The van der Waals surface area contributed by atoms with Crippen LogP contribution in [0.25, 0.3) is 0 Å². The van der Waals surface area contributed by atoms with Crippen LogP contribution in [0.3, 0.4) is 0 Å². The molecule has 0 aromatic carbocycles. The molecule has 0 amide bonds. The minimum atomic E-state index is 0.215. The summed E-state index contributed by atoms with van der Waals surface area (Å²) in [6, 6.07) is 0.675. The fourth-order valence-corrected chi connectivity index (χ4v) is 2.68. The topological polar surface area (TPSA) is 38.5 Å². The van der Waals surface area contributed by atoms with Gasteiger partial charge in [-0.15, -0.1) is 0 Å². The minimum absolute atomic E-state index is 0.215. The van der Waals surface area contributed by atoms with Gasteiger partial charge in [-0.2, -0.15) is 0 Å². The third-order valence-corrected chi connectivity index (χ3v) is 3.76. The lowest BCUT2D eigenvalue weighted by Crippen LogP contribution is -2.49. The Morgan fingerprint density at radius 2 is 2.12 bits per heavy atom. The number of nitrogens with zero attached hydrogens (tertiary/aromatic N) is 1. The Labute approximate surface area is 107 Å². The molecule has 1 aliphatic heterocycles. The molecule has 1 saturated heterocycles. The van der Waals surface area contributed by atoms with Crippen molar-refractivity contribution in [1.29, 1.82) is 0 Å². The zero-order valence-corrected chi connectivity index (χ0v) is 12.0. The van der Waals surface area contributed by atoms with E-state index in [0.29, 0.717) is 12.0 Å². The van der Waals surface area contributed by atoms with Crippen LogP contribution < -0.4 is 5.73 Å². The number of rotatable bonds is 6. The summed E-state index contributed by atoms with van der Waals surface area (Å²) in [5.74, 6) is 0.642. The monoisotopic (exact) mass is 242 g/mol. The Hall–Kier alpha value is -0.120. The summed E-state index contributed by atoms with van der Waals surface area (Å²) in [5.41, 5.74) is 6.08. The van der Waals surface area contributed by atoms with E-state index in [-0.39, 0.29) is 5.41 Å². The van der Waals surface area contributed by atoms with Gasteiger partial charge in [0.15, 0.2) is 0 Å². The number of hydrogen-bond acceptors (Lipinski definition) is 3. The lowest BCUT2D eigenvalue weighted by molar-refractivity contribution is -0.0162. The van der Waals surface area contributed by atoms with E-state index in [4.69, 9.17) is 10.5 Å². The average molecular weight is 242 g/mol. The van der Waals surface area contributed by atoms with Crippen molar-refractivity contribution < 1.29 is 4.74 Å². The first kappa shape index (κ1) is 14.9. The molecule has 102 valence electrons. The van der Waals surface area contributed by atoms with E-state index < -0.39 is 0 Å². The Kier molecular flexibility index (Phi) is 5.90. The van der Waals surface area contributed by atoms with Crippen molar-refractivity contribution in [2.24, 2.45) is 17.1 Å². The zero-order valence-electron chi connectivity index (χ0n) is 12.0. The van der Waals surface area contributed by atoms with Gasteiger partial charge in [-0.3, -0.25) is 4.90 Å². The summed E-state index contributed by atoms with van der Waals surface area (Å²) in [4.78, 5) is 2.64. The van der Waals surface area contributed by atoms with Gasteiger partial charge in [0.2, 0.25) is 0 Å². The average Bonchev–Trinajstić information content (AvgIpc) is 2.29. The molecule has 0 radical (unpaired) electrons. The fraction of sp³-hybridized carbons (Fsp3) is 1.00. The molecule has 2 unspecified atom stereocenters. The number of hydrogen-bond donors (Lipinski definition) is 1. The second-order valence-electron chi connectivity index (χ2n) is 6.25. The first-order chi connectivity index (χ1) is 8.00. The van der Waals surface area contributed by atoms with Gasteiger partial charge in [-0.05, 0) is 37.3 Å². The Bertz CT molecular complexity index is 218. The molecule has 3 heteroatoms. The van der Waals surface area contributed by atoms with Crippen LogP contribution in [0.1, 0.15) is 40.5 Å². The quantitative estimate of drug-likeness (QED) is 0.775. The van der Waals surface area contributed by atoms with Crippen LogP contribution in [0.5, 0.6) is 0 Å². The van der Waals surface area contributed by atoms with Gasteiger partial charge in [0.1, 0.15) is 0 Å². The molecule has 0 saturated carbocycles. The van der Waals surface area contributed by atoms with E-state index in [1.54, 1.807) is 0 Å². The van der Waals surface area contributed by atoms with Crippen molar-refractivity contribution in [2.45, 2.75) is 46.6 Å². The number of ether oxygens (including phenoxy) is 1. The van der Waals surface area contributed by atoms with Crippen molar-refractivity contribution in [3.8, 4) is 0 Å². The van der Waals surface area contributed by atoms with Crippen LogP contribution in [0, 0.1) is 11.3 Å². The van der Waals surface area contributed by atoms with E-state index in [0.717, 1.165) is 26.3 Å². The molecular weight excluding hydrogens is 212 g/mol. The molecule has 0 bridgehead atoms. The summed E-state index contributed by atoms with van der Waals surface area (Å²) >= 11 is 0. The minimum Gasteiger partial charge on any atom is -0.381 e. The smallest absolute Gasteiger partial charge is 0.0506 e. The molecule has 1 rings (SSSR count). The molecule has 1 heterocycles. The van der Waals surface area contributed by atoms with Crippen molar-refractivity contribution >= 4 is 0 Å². The van der Waals surface area contributed by atoms with Crippen LogP contribution in [-0.4, -0.2) is 43.8 Å². The molecular formula is C14H30N2O. The van der Waals surface area contributed by atoms with Gasteiger partial charge < -0.3 is 10.5 Å². The van der Waals surface area contributed by atoms with E-state index in [1.807, 2.05) is 0 Å². The third-order valence-electron chi connectivity index (χ3n) is 3.76. The standard InChI is InChI=1S/C14H30N2O/c1-5-7-16(11-14(3,4)10-15)13-6-8-17-9-12(13)2/h12-13H,5-11,15H2,1-4H3. The molecule has 0 aliphatic carbocycles. The van der Waals surface area contributed by atoms with Gasteiger partial charge in [0.25, 0.3) is 0 Å². The summed E-state index contributed by atoms with van der Waals surface area (Å²) < 4.78 is 5.55. The highest BCUT2D eigenvalue weighted by Crippen LogP contribution is 2.24. The highest BCUT2D eigenvalue weighted by Gasteiger charge is 2.30. The molecule has 0 aromatic rings. The van der Waals surface area contributed by atoms with Crippen LogP contribution >= 0.6 is 0 Å². The fourth-order valence-electron chi connectivity index (χ4n) is 2.68. The van der Waals surface area contributed by atoms with Gasteiger partial charge in [-0.25, -0.2) is 0 Å². The Morgan fingerprint density at radius 3 is 2.65 bits per heavy atom. The lowest BCUT2D eigenvalue weighted by atomic mass is 9.89. The van der Waals surface area contributed by atoms with Crippen LogP contribution in [0.4, 0.5) is 0 Å². The van der Waals surface area contributed by atoms with Gasteiger partial charge >= 0.3 is 0 Å². The second-order valence-corrected chi connectivity index (χ2v) is 6.25. The first-order valence-electron chi connectivity index (χ1n) is 7.02. The zero-order chi connectivity index (χ0) is 12.9. The maximum absolute atomic E-state index is 5.86. The van der Waals surface area contributed by atoms with Crippen molar-refractivity contribution in [3.63, 3.8) is 0 Å². The maximum Gasteiger partial charge on any atom is 0.0506 e. The summed E-state index contributed by atoms with van der Waals surface area (Å²) in [6.07, 6.45) is 2.38. The van der Waals surface area contributed by atoms with Gasteiger partial charge in [-0.1, -0.05) is 27.7 Å². The number of nitrogens with two attached hydrogens (primary N) is 1. The van der Waals surface area contributed by atoms with Crippen molar-refractivity contribution in [2.75, 3.05) is 32.8 Å². The van der Waals surface area contributed by atoms with E-state index >= 15 is 0 Å². The molecule has 1 aliphatic rings. The third kappa shape index (κ3) is 4.57. The van der Waals surface area contributed by atoms with Crippen LogP contribution in [0.2, 0.25) is 0 Å². The first-order valence-corrected chi connectivity index (χ1v) is 7.02.